The van der Waals surface area contributed by atoms with Crippen molar-refractivity contribution in [2.24, 2.45) is 0 Å². The van der Waals surface area contributed by atoms with Crippen LogP contribution < -0.4 is 5.32 Å². The van der Waals surface area contributed by atoms with Gasteiger partial charge in [0.15, 0.2) is 0 Å². The molecule has 1 spiro atoms. The zero-order valence-corrected chi connectivity index (χ0v) is 16.5. The normalized spacial score (nSPS) is 22.7. The predicted octanol–water partition coefficient (Wildman–Crippen LogP) is 3.86. The molecular formula is C19H21N3O2S2. The summed E-state index contributed by atoms with van der Waals surface area (Å²) >= 11 is 3.25. The van der Waals surface area contributed by atoms with Gasteiger partial charge in [-0.2, -0.15) is 11.8 Å². The van der Waals surface area contributed by atoms with Crippen LogP contribution in [0.5, 0.6) is 0 Å². The maximum Gasteiger partial charge on any atom is 0.325 e. The van der Waals surface area contributed by atoms with Crippen molar-refractivity contribution in [2.45, 2.75) is 38.3 Å². The second-order valence-corrected chi connectivity index (χ2v) is 9.33. The highest BCUT2D eigenvalue weighted by Crippen LogP contribution is 2.35. The average molecular weight is 388 g/mol. The second-order valence-electron chi connectivity index (χ2n) is 7.11. The van der Waals surface area contributed by atoms with Crippen molar-refractivity contribution in [1.29, 1.82) is 0 Å². The number of aromatic nitrogens is 1. The summed E-state index contributed by atoms with van der Waals surface area (Å²) in [6.45, 7) is 4.63. The highest BCUT2D eigenvalue weighted by molar-refractivity contribution is 7.99. The van der Waals surface area contributed by atoms with E-state index in [1.807, 2.05) is 0 Å². The first kappa shape index (κ1) is 17.5. The van der Waals surface area contributed by atoms with E-state index in [1.54, 1.807) is 18.0 Å². The lowest BCUT2D eigenvalue weighted by molar-refractivity contribution is -0.130. The van der Waals surface area contributed by atoms with E-state index in [-0.39, 0.29) is 11.9 Å². The Morgan fingerprint density at radius 2 is 2.04 bits per heavy atom. The van der Waals surface area contributed by atoms with Gasteiger partial charge in [-0.25, -0.2) is 9.78 Å². The number of rotatable bonds is 4. The van der Waals surface area contributed by atoms with Crippen molar-refractivity contribution in [3.8, 4) is 10.6 Å². The molecule has 3 amide bonds. The maximum absolute atomic E-state index is 12.7. The average Bonchev–Trinajstić information content (AvgIpc) is 3.33. The van der Waals surface area contributed by atoms with Crippen LogP contribution in [0.2, 0.25) is 0 Å². The largest absolute Gasteiger partial charge is 0.325 e. The molecule has 2 fully saturated rings. The van der Waals surface area contributed by atoms with Gasteiger partial charge in [0.1, 0.15) is 10.5 Å². The van der Waals surface area contributed by atoms with E-state index in [0.717, 1.165) is 27.6 Å². The standard InChI is InChI=1S/C19H21N3O2S2/c1-12(2)13-3-5-14(6-4-13)16-20-9-15(26-16)10-22-17(23)19(21-18(22)24)7-8-25-11-19/h3-6,9,12H,7-8,10-11H2,1-2H3,(H,21,24). The lowest BCUT2D eigenvalue weighted by atomic mass is 9.99. The summed E-state index contributed by atoms with van der Waals surface area (Å²) in [4.78, 5) is 31.8. The number of nitrogens with zero attached hydrogens (tertiary/aromatic N) is 2. The highest BCUT2D eigenvalue weighted by Gasteiger charge is 2.52. The SMILES string of the molecule is CC(C)c1ccc(-c2ncc(CN3C(=O)NC4(CCSC4)C3=O)s2)cc1. The van der Waals surface area contributed by atoms with Gasteiger partial charge >= 0.3 is 6.03 Å². The molecule has 1 aromatic heterocycles. The van der Waals surface area contributed by atoms with Crippen molar-refractivity contribution < 1.29 is 9.59 Å². The predicted molar refractivity (Wildman–Crippen MR) is 105 cm³/mol. The third-order valence-electron chi connectivity index (χ3n) is 4.96. The molecule has 0 radical (unpaired) electrons. The minimum atomic E-state index is -0.679. The van der Waals surface area contributed by atoms with Crippen LogP contribution in [-0.2, 0) is 11.3 Å². The summed E-state index contributed by atoms with van der Waals surface area (Å²) in [5.74, 6) is 1.99. The highest BCUT2D eigenvalue weighted by atomic mass is 32.2. The molecule has 2 saturated heterocycles. The monoisotopic (exact) mass is 387 g/mol. The second kappa shape index (κ2) is 6.70. The number of nitrogens with one attached hydrogen (secondary N) is 1. The maximum atomic E-state index is 12.7. The molecule has 0 bridgehead atoms. The number of hydrogen-bond donors (Lipinski definition) is 1. The van der Waals surface area contributed by atoms with Crippen LogP contribution >= 0.6 is 23.1 Å². The van der Waals surface area contributed by atoms with Crippen molar-refractivity contribution in [3.05, 3.63) is 40.9 Å². The first-order valence-corrected chi connectivity index (χ1v) is 10.7. The molecule has 1 atom stereocenters. The van der Waals surface area contributed by atoms with Gasteiger partial charge in [0.2, 0.25) is 0 Å². The molecule has 26 heavy (non-hydrogen) atoms. The van der Waals surface area contributed by atoms with Crippen LogP contribution in [0.15, 0.2) is 30.5 Å². The van der Waals surface area contributed by atoms with Gasteiger partial charge in [0, 0.05) is 22.4 Å². The fourth-order valence-electron chi connectivity index (χ4n) is 3.33. The number of urea groups is 1. The van der Waals surface area contributed by atoms with Crippen LogP contribution in [0.25, 0.3) is 10.6 Å². The Morgan fingerprint density at radius 3 is 2.69 bits per heavy atom. The van der Waals surface area contributed by atoms with Crippen LogP contribution in [0.3, 0.4) is 0 Å². The number of amides is 3. The molecule has 3 heterocycles. The van der Waals surface area contributed by atoms with E-state index < -0.39 is 5.54 Å². The molecule has 0 aliphatic carbocycles. The van der Waals surface area contributed by atoms with Crippen LogP contribution in [0.4, 0.5) is 4.79 Å². The van der Waals surface area contributed by atoms with Gasteiger partial charge in [-0.05, 0) is 23.7 Å². The van der Waals surface area contributed by atoms with E-state index >= 15 is 0 Å². The number of carbonyl (C=O) groups is 2. The van der Waals surface area contributed by atoms with Gasteiger partial charge in [-0.3, -0.25) is 9.69 Å². The van der Waals surface area contributed by atoms with Gasteiger partial charge in [-0.1, -0.05) is 38.1 Å². The Kier molecular flexibility index (Phi) is 4.52. The van der Waals surface area contributed by atoms with Crippen LogP contribution in [-0.4, -0.2) is 38.9 Å². The number of thioether (sulfide) groups is 1. The van der Waals surface area contributed by atoms with Crippen LogP contribution in [0, 0.1) is 0 Å². The number of thiazole rings is 1. The van der Waals surface area contributed by atoms with E-state index in [4.69, 9.17) is 0 Å². The molecule has 1 unspecified atom stereocenters. The van der Waals surface area contributed by atoms with Crippen molar-refractivity contribution in [2.75, 3.05) is 11.5 Å². The van der Waals surface area contributed by atoms with Crippen molar-refractivity contribution >= 4 is 35.0 Å². The zero-order chi connectivity index (χ0) is 18.3. The fourth-order valence-corrected chi connectivity index (χ4v) is 5.56. The van der Waals surface area contributed by atoms with Gasteiger partial charge in [-0.15, -0.1) is 11.3 Å². The van der Waals surface area contributed by atoms with Gasteiger partial charge in [0.05, 0.1) is 6.54 Å². The number of carbonyl (C=O) groups excluding carboxylic acids is 2. The smallest absolute Gasteiger partial charge is 0.322 e. The lowest BCUT2D eigenvalue weighted by Crippen LogP contribution is -2.46. The molecule has 136 valence electrons. The van der Waals surface area contributed by atoms with E-state index in [9.17, 15) is 9.59 Å². The number of benzene rings is 1. The molecule has 1 aromatic carbocycles. The molecule has 2 aliphatic rings. The molecule has 1 N–H and O–H groups in total. The molecule has 0 saturated carbocycles. The Balaban J connectivity index is 1.50. The van der Waals surface area contributed by atoms with E-state index in [1.165, 1.54) is 21.8 Å². The Morgan fingerprint density at radius 1 is 1.27 bits per heavy atom. The quantitative estimate of drug-likeness (QED) is 0.809. The summed E-state index contributed by atoms with van der Waals surface area (Å²) in [6.07, 6.45) is 2.49. The lowest BCUT2D eigenvalue weighted by Gasteiger charge is -2.18. The summed E-state index contributed by atoms with van der Waals surface area (Å²) in [5.41, 5.74) is 1.68. The molecule has 4 rings (SSSR count). The minimum Gasteiger partial charge on any atom is -0.322 e. The third kappa shape index (κ3) is 3.03. The van der Waals surface area contributed by atoms with Crippen molar-refractivity contribution in [1.82, 2.24) is 15.2 Å². The topological polar surface area (TPSA) is 62.3 Å². The van der Waals surface area contributed by atoms with Crippen molar-refractivity contribution in [3.63, 3.8) is 0 Å². The van der Waals surface area contributed by atoms with E-state index in [2.05, 4.69) is 48.4 Å². The third-order valence-corrected chi connectivity index (χ3v) is 7.18. The summed E-state index contributed by atoms with van der Waals surface area (Å²) in [7, 11) is 0. The number of hydrogen-bond acceptors (Lipinski definition) is 5. The van der Waals surface area contributed by atoms with E-state index in [0.29, 0.717) is 18.2 Å². The minimum absolute atomic E-state index is 0.0938. The molecule has 5 nitrogen and oxygen atoms in total. The summed E-state index contributed by atoms with van der Waals surface area (Å²) in [6, 6.07) is 8.13. The van der Waals surface area contributed by atoms with Gasteiger partial charge < -0.3 is 5.32 Å². The molecule has 2 aromatic rings. The first-order chi connectivity index (χ1) is 12.5. The first-order valence-electron chi connectivity index (χ1n) is 8.75. The zero-order valence-electron chi connectivity index (χ0n) is 14.8. The fraction of sp³-hybridized carbons (Fsp3) is 0.421. The number of imide groups is 1. The molecule has 7 heteroatoms. The van der Waals surface area contributed by atoms with Gasteiger partial charge in [0.25, 0.3) is 5.91 Å². The summed E-state index contributed by atoms with van der Waals surface area (Å²) < 4.78 is 0. The Bertz CT molecular complexity index is 839. The van der Waals surface area contributed by atoms with Crippen LogP contribution in [0.1, 0.15) is 36.6 Å². The molecular weight excluding hydrogens is 366 g/mol. The molecule has 2 aliphatic heterocycles. The Hall–Kier alpha value is -1.86. The Labute approximate surface area is 161 Å². The summed E-state index contributed by atoms with van der Waals surface area (Å²) in [5, 5.41) is 3.82.